The number of aliphatic carboxylic acids is 1. The molecule has 4 rings (SSSR count). The number of aliphatic hydroxyl groups is 2. The van der Waals surface area contributed by atoms with E-state index in [0.717, 1.165) is 0 Å². The Kier molecular flexibility index (Phi) is 12.8. The number of primary sulfonamides is 1. The van der Waals surface area contributed by atoms with Crippen molar-refractivity contribution in [3.8, 4) is 22.3 Å². The van der Waals surface area contributed by atoms with Crippen LogP contribution in [0, 0.1) is 11.6 Å². The number of aliphatic hydroxyl groups excluding tert-OH is 2. The summed E-state index contributed by atoms with van der Waals surface area (Å²) in [7, 11) is -3.98. The largest absolute Gasteiger partial charge is 1.00 e. The number of carbonyl (C=O) groups excluding carboxylic acids is 2. The molecule has 4 aromatic rings. The first-order chi connectivity index (χ1) is 21.6. The summed E-state index contributed by atoms with van der Waals surface area (Å²) < 4.78 is 53.2. The number of carbonyl (C=O) groups is 2. The summed E-state index contributed by atoms with van der Waals surface area (Å²) in [6.45, 7) is 3.61. The van der Waals surface area contributed by atoms with E-state index < -0.39 is 58.2 Å². The van der Waals surface area contributed by atoms with Gasteiger partial charge in [0.25, 0.3) is 5.91 Å². The monoisotopic (exact) mass is 675 g/mol. The van der Waals surface area contributed by atoms with E-state index in [0.29, 0.717) is 27.9 Å². The van der Waals surface area contributed by atoms with Crippen LogP contribution in [-0.2, 0) is 14.8 Å². The van der Waals surface area contributed by atoms with Crippen LogP contribution < -0.4 is 45.1 Å². The molecule has 0 bridgehead atoms. The summed E-state index contributed by atoms with van der Waals surface area (Å²) in [4.78, 5) is 24.9. The van der Waals surface area contributed by atoms with Gasteiger partial charge in [0.15, 0.2) is 0 Å². The summed E-state index contributed by atoms with van der Waals surface area (Å²) in [5, 5.41) is 39.5. The van der Waals surface area contributed by atoms with Crippen LogP contribution in [0.2, 0.25) is 0 Å². The number of halogens is 2. The van der Waals surface area contributed by atoms with Crippen molar-refractivity contribution in [2.24, 2.45) is 5.14 Å². The maximum Gasteiger partial charge on any atom is 1.00 e. The Labute approximate surface area is 292 Å². The van der Waals surface area contributed by atoms with E-state index in [9.17, 15) is 42.1 Å². The SMILES string of the molecule is CC(C)n1c(C=C[C@@H](O)C[C@@H](O)CC(=O)[O-])c(-c2ccc(F)cc2)c(-c2ccc(F)cc2)c1C(=O)Nc1ccc(S(N)(=O)=O)cc1.[Na+]. The van der Waals surface area contributed by atoms with E-state index in [-0.39, 0.29) is 52.3 Å². The van der Waals surface area contributed by atoms with E-state index in [1.165, 1.54) is 84.9 Å². The summed E-state index contributed by atoms with van der Waals surface area (Å²) >= 11 is 0. The number of amides is 1. The van der Waals surface area contributed by atoms with Gasteiger partial charge < -0.3 is 30.0 Å². The first-order valence-corrected chi connectivity index (χ1v) is 15.7. The molecule has 1 heterocycles. The molecule has 242 valence electrons. The molecule has 0 spiro atoms. The van der Waals surface area contributed by atoms with Crippen LogP contribution in [0.5, 0.6) is 0 Å². The van der Waals surface area contributed by atoms with E-state index >= 15 is 0 Å². The van der Waals surface area contributed by atoms with Crippen LogP contribution in [0.4, 0.5) is 14.5 Å². The van der Waals surface area contributed by atoms with Crippen molar-refractivity contribution < 1.29 is 71.7 Å². The minimum Gasteiger partial charge on any atom is -0.550 e. The molecule has 47 heavy (non-hydrogen) atoms. The van der Waals surface area contributed by atoms with Crippen molar-refractivity contribution in [2.45, 2.75) is 49.8 Å². The molecule has 1 amide bonds. The molecule has 0 aliphatic heterocycles. The summed E-state index contributed by atoms with van der Waals surface area (Å²) in [6.07, 6.45) is -0.817. The molecule has 14 heteroatoms. The molecule has 0 saturated carbocycles. The zero-order chi connectivity index (χ0) is 33.8. The van der Waals surface area contributed by atoms with Crippen molar-refractivity contribution >= 4 is 33.7 Å². The Morgan fingerprint density at radius 1 is 0.915 bits per heavy atom. The fraction of sp³-hybridized carbons (Fsp3) is 0.212. The molecule has 0 fully saturated rings. The quantitative estimate of drug-likeness (QED) is 0.161. The number of nitrogens with two attached hydrogens (primary N) is 1. The summed E-state index contributed by atoms with van der Waals surface area (Å²) in [6, 6.07) is 15.7. The number of aromatic nitrogens is 1. The van der Waals surface area contributed by atoms with Gasteiger partial charge in [-0.3, -0.25) is 4.79 Å². The number of carboxylic acid groups (broad SMARTS) is 1. The van der Waals surface area contributed by atoms with Crippen LogP contribution >= 0.6 is 0 Å². The molecule has 1 aromatic heterocycles. The van der Waals surface area contributed by atoms with Crippen molar-refractivity contribution in [3.63, 3.8) is 0 Å². The van der Waals surface area contributed by atoms with E-state index in [1.807, 2.05) is 0 Å². The van der Waals surface area contributed by atoms with Gasteiger partial charge in [0, 0.05) is 47.4 Å². The first-order valence-electron chi connectivity index (χ1n) is 14.1. The topological polar surface area (TPSA) is 175 Å². The van der Waals surface area contributed by atoms with Gasteiger partial charge in [-0.25, -0.2) is 22.3 Å². The molecule has 0 aliphatic rings. The minimum absolute atomic E-state index is 0. The molecule has 0 radical (unpaired) electrons. The zero-order valence-corrected chi connectivity index (χ0v) is 28.7. The predicted octanol–water partition coefficient (Wildman–Crippen LogP) is 0.850. The third kappa shape index (κ3) is 9.45. The average Bonchev–Trinajstić information content (AvgIpc) is 3.32. The Morgan fingerprint density at radius 2 is 1.43 bits per heavy atom. The van der Waals surface area contributed by atoms with Crippen LogP contribution in [0.1, 0.15) is 48.9 Å². The number of anilines is 1. The van der Waals surface area contributed by atoms with Crippen molar-refractivity contribution in [1.82, 2.24) is 4.57 Å². The molecule has 5 N–H and O–H groups in total. The van der Waals surface area contributed by atoms with Gasteiger partial charge in [-0.2, -0.15) is 0 Å². The number of nitrogens with zero attached hydrogens (tertiary/aromatic N) is 1. The maximum atomic E-state index is 14.1. The maximum absolute atomic E-state index is 14.1. The fourth-order valence-corrected chi connectivity index (χ4v) is 5.61. The van der Waals surface area contributed by atoms with E-state index in [1.54, 1.807) is 18.4 Å². The van der Waals surface area contributed by atoms with Gasteiger partial charge in [-0.05, 0) is 79.6 Å². The van der Waals surface area contributed by atoms with Crippen LogP contribution in [0.3, 0.4) is 0 Å². The normalized spacial score (nSPS) is 12.9. The third-order valence-electron chi connectivity index (χ3n) is 7.07. The number of hydrogen-bond acceptors (Lipinski definition) is 7. The minimum atomic E-state index is -3.98. The molecule has 10 nitrogen and oxygen atoms in total. The Bertz CT molecular complexity index is 1860. The second kappa shape index (κ2) is 15.9. The number of hydrogen-bond donors (Lipinski definition) is 4. The summed E-state index contributed by atoms with van der Waals surface area (Å²) in [5.74, 6) is -3.13. The third-order valence-corrected chi connectivity index (χ3v) is 8.00. The zero-order valence-electron chi connectivity index (χ0n) is 25.9. The molecule has 0 unspecified atom stereocenters. The van der Waals surface area contributed by atoms with Gasteiger partial charge in [0.1, 0.15) is 17.3 Å². The van der Waals surface area contributed by atoms with Gasteiger partial charge in [0.2, 0.25) is 10.0 Å². The molecule has 2 atom stereocenters. The van der Waals surface area contributed by atoms with E-state index in [2.05, 4.69) is 5.32 Å². The Morgan fingerprint density at radius 3 is 1.89 bits per heavy atom. The molecule has 0 saturated heterocycles. The van der Waals surface area contributed by atoms with Crippen LogP contribution in [0.15, 0.2) is 83.8 Å². The second-order valence-electron chi connectivity index (χ2n) is 10.9. The first kappa shape index (κ1) is 37.8. The summed E-state index contributed by atoms with van der Waals surface area (Å²) in [5.41, 5.74) is 2.47. The molecular weight excluding hydrogens is 643 g/mol. The average molecular weight is 676 g/mol. The van der Waals surface area contributed by atoms with Gasteiger partial charge in [-0.15, -0.1) is 0 Å². The van der Waals surface area contributed by atoms with Gasteiger partial charge in [0.05, 0.1) is 17.1 Å². The van der Waals surface area contributed by atoms with Crippen LogP contribution in [-0.4, -0.2) is 47.3 Å². The number of benzene rings is 3. The number of nitrogens with one attached hydrogen (secondary N) is 1. The number of sulfonamides is 1. The molecule has 3 aromatic carbocycles. The number of rotatable bonds is 12. The second-order valence-corrected chi connectivity index (χ2v) is 12.4. The molecule has 0 aliphatic carbocycles. The van der Waals surface area contributed by atoms with Crippen molar-refractivity contribution in [1.29, 1.82) is 0 Å². The predicted molar refractivity (Wildman–Crippen MR) is 167 cm³/mol. The van der Waals surface area contributed by atoms with Crippen molar-refractivity contribution in [3.05, 3.63) is 102 Å². The number of carboxylic acids is 1. The smallest absolute Gasteiger partial charge is 0.550 e. The standard InChI is InChI=1S/C33H33F2N3O7S.Na/c1-19(2)38-28(16-13-25(39)17-26(40)18-29(41)42)30(20-3-7-22(34)8-4-20)31(21-5-9-23(35)10-6-21)32(38)33(43)37-24-11-14-27(15-12-24)46(36,44)45;/h3-16,19,25-26,39-40H,17-18H2,1-2H3,(H,37,43)(H,41,42)(H2,36,44,45);/q;+1/p-1/t25-,26-;/m1./s1. The Hall–Kier alpha value is -3.69. The van der Waals surface area contributed by atoms with Gasteiger partial charge >= 0.3 is 29.6 Å². The Balaban J connectivity index is 0.00000600. The van der Waals surface area contributed by atoms with Crippen molar-refractivity contribution in [2.75, 3.05) is 5.32 Å². The van der Waals surface area contributed by atoms with E-state index in [4.69, 9.17) is 5.14 Å². The van der Waals surface area contributed by atoms with Gasteiger partial charge in [-0.1, -0.05) is 30.3 Å². The fourth-order valence-electron chi connectivity index (χ4n) is 5.09. The van der Waals surface area contributed by atoms with Crippen LogP contribution in [0.25, 0.3) is 28.3 Å². The molecular formula is C33H32F2N3NaO7S.